The molecule has 112 valence electrons. The van der Waals surface area contributed by atoms with Crippen molar-refractivity contribution in [2.75, 3.05) is 18.1 Å². The van der Waals surface area contributed by atoms with Crippen LogP contribution in [0.1, 0.15) is 10.5 Å². The quantitative estimate of drug-likeness (QED) is 0.831. The summed E-state index contributed by atoms with van der Waals surface area (Å²) in [4.78, 5) is 16.0. The molecule has 9 heteroatoms. The number of pyridine rings is 1. The Balaban J connectivity index is 2.69. The zero-order chi connectivity index (χ0) is 15.6. The second-order valence-electron chi connectivity index (χ2n) is 4.28. The minimum atomic E-state index is -3.60. The lowest BCUT2D eigenvalue weighted by atomic mass is 10.2. The Morgan fingerprint density at radius 1 is 1.38 bits per heavy atom. The number of ether oxygens (including phenoxy) is 1. The van der Waals surface area contributed by atoms with Gasteiger partial charge >= 0.3 is 5.97 Å². The van der Waals surface area contributed by atoms with E-state index in [0.717, 1.165) is 6.26 Å². The molecule has 0 atom stereocenters. The molecule has 0 fully saturated rings. The van der Waals surface area contributed by atoms with Crippen molar-refractivity contribution in [3.8, 4) is 11.4 Å². The molecule has 0 aliphatic rings. The van der Waals surface area contributed by atoms with Crippen LogP contribution in [0.25, 0.3) is 11.4 Å². The van der Waals surface area contributed by atoms with Crippen LogP contribution in [0.3, 0.4) is 0 Å². The molecule has 21 heavy (non-hydrogen) atoms. The van der Waals surface area contributed by atoms with Gasteiger partial charge in [-0.15, -0.1) is 0 Å². The van der Waals surface area contributed by atoms with E-state index in [0.29, 0.717) is 5.69 Å². The summed E-state index contributed by atoms with van der Waals surface area (Å²) in [5.41, 5.74) is 0.743. The molecule has 1 N–H and O–H groups in total. The summed E-state index contributed by atoms with van der Waals surface area (Å²) in [5, 5.41) is 4.16. The molecule has 0 saturated heterocycles. The first-order chi connectivity index (χ1) is 9.83. The van der Waals surface area contributed by atoms with Crippen molar-refractivity contribution < 1.29 is 17.9 Å². The molecular weight excluding hydrogens is 296 g/mol. The van der Waals surface area contributed by atoms with E-state index in [4.69, 9.17) is 0 Å². The van der Waals surface area contributed by atoms with Gasteiger partial charge in [0.2, 0.25) is 10.0 Å². The fourth-order valence-corrected chi connectivity index (χ4v) is 2.38. The van der Waals surface area contributed by atoms with Crippen molar-refractivity contribution in [1.29, 1.82) is 0 Å². The summed E-state index contributed by atoms with van der Waals surface area (Å²) >= 11 is 0. The van der Waals surface area contributed by atoms with Crippen LogP contribution in [0.15, 0.2) is 24.4 Å². The number of rotatable bonds is 4. The number of sulfonamides is 1. The van der Waals surface area contributed by atoms with Crippen LogP contribution in [0, 0.1) is 0 Å². The van der Waals surface area contributed by atoms with E-state index in [9.17, 15) is 13.2 Å². The first kappa shape index (κ1) is 15.0. The molecule has 2 heterocycles. The van der Waals surface area contributed by atoms with Gasteiger partial charge in [0.15, 0.2) is 5.69 Å². The third-order valence-electron chi connectivity index (χ3n) is 2.62. The Hall–Kier alpha value is -2.42. The lowest BCUT2D eigenvalue weighted by Gasteiger charge is -2.06. The number of esters is 1. The molecular formula is C12H14N4O4S. The van der Waals surface area contributed by atoms with Gasteiger partial charge in [-0.1, -0.05) is 6.07 Å². The molecule has 8 nitrogen and oxygen atoms in total. The molecule has 0 radical (unpaired) electrons. The lowest BCUT2D eigenvalue weighted by molar-refractivity contribution is 0.0589. The minimum absolute atomic E-state index is 0.00331. The van der Waals surface area contributed by atoms with E-state index in [1.54, 1.807) is 24.4 Å². The second kappa shape index (κ2) is 5.52. The number of nitrogens with one attached hydrogen (secondary N) is 1. The molecule has 0 saturated carbocycles. The molecule has 2 aromatic heterocycles. The van der Waals surface area contributed by atoms with E-state index in [-0.39, 0.29) is 17.1 Å². The van der Waals surface area contributed by atoms with Crippen molar-refractivity contribution in [3.05, 3.63) is 30.1 Å². The van der Waals surface area contributed by atoms with Crippen LogP contribution in [0.4, 0.5) is 5.69 Å². The van der Waals surface area contributed by atoms with E-state index in [1.165, 1.54) is 18.8 Å². The van der Waals surface area contributed by atoms with Gasteiger partial charge in [0.25, 0.3) is 0 Å². The summed E-state index contributed by atoms with van der Waals surface area (Å²) in [6.45, 7) is 0. The predicted octanol–water partition coefficient (Wildman–Crippen LogP) is 0.640. The van der Waals surface area contributed by atoms with Crippen LogP contribution in [-0.4, -0.2) is 42.5 Å². The normalized spacial score (nSPS) is 11.2. The molecule has 0 unspecified atom stereocenters. The number of aromatic nitrogens is 3. The van der Waals surface area contributed by atoms with Gasteiger partial charge in [0.05, 0.1) is 19.1 Å². The van der Waals surface area contributed by atoms with E-state index in [1.807, 2.05) is 0 Å². The van der Waals surface area contributed by atoms with E-state index < -0.39 is 16.0 Å². The van der Waals surface area contributed by atoms with E-state index >= 15 is 0 Å². The maximum atomic E-state index is 11.8. The average molecular weight is 310 g/mol. The minimum Gasteiger partial charge on any atom is -0.464 e. The monoisotopic (exact) mass is 310 g/mol. The van der Waals surface area contributed by atoms with Gasteiger partial charge in [-0.2, -0.15) is 5.10 Å². The van der Waals surface area contributed by atoms with Gasteiger partial charge < -0.3 is 4.74 Å². The maximum absolute atomic E-state index is 11.8. The zero-order valence-corrected chi connectivity index (χ0v) is 12.5. The zero-order valence-electron chi connectivity index (χ0n) is 11.7. The third-order valence-corrected chi connectivity index (χ3v) is 3.20. The lowest BCUT2D eigenvalue weighted by Crippen LogP contribution is -2.15. The number of anilines is 1. The molecule has 0 bridgehead atoms. The van der Waals surface area contributed by atoms with Crippen molar-refractivity contribution >= 4 is 21.7 Å². The molecule has 2 aromatic rings. The fraction of sp³-hybridized carbons (Fsp3) is 0.250. The number of carbonyl (C=O) groups is 1. The number of hydrogen-bond donors (Lipinski definition) is 1. The standard InChI is InChI=1S/C12H14N4O4S/c1-16-11(12(17)20-2)10(15-21(3,18)19)9(14-16)8-6-4-5-7-13-8/h4-7,15H,1-3H3. The molecule has 0 aliphatic heterocycles. The largest absolute Gasteiger partial charge is 0.464 e. The predicted molar refractivity (Wildman–Crippen MR) is 76.2 cm³/mol. The second-order valence-corrected chi connectivity index (χ2v) is 6.03. The highest BCUT2D eigenvalue weighted by atomic mass is 32.2. The van der Waals surface area contributed by atoms with Gasteiger partial charge in [0, 0.05) is 13.2 Å². The summed E-state index contributed by atoms with van der Waals surface area (Å²) in [6.07, 6.45) is 2.54. The Kier molecular flexibility index (Phi) is 3.94. The Morgan fingerprint density at radius 2 is 2.10 bits per heavy atom. The number of carbonyl (C=O) groups excluding carboxylic acids is 1. The third kappa shape index (κ3) is 3.19. The molecule has 0 aromatic carbocycles. The van der Waals surface area contributed by atoms with Crippen LogP contribution >= 0.6 is 0 Å². The van der Waals surface area contributed by atoms with Crippen molar-refractivity contribution in [2.24, 2.45) is 7.05 Å². The number of aryl methyl sites for hydroxylation is 1. The van der Waals surface area contributed by atoms with E-state index in [2.05, 4.69) is 19.5 Å². The van der Waals surface area contributed by atoms with Gasteiger partial charge in [0.1, 0.15) is 11.4 Å². The van der Waals surface area contributed by atoms with Crippen molar-refractivity contribution in [1.82, 2.24) is 14.8 Å². The average Bonchev–Trinajstić information content (AvgIpc) is 2.73. The topological polar surface area (TPSA) is 103 Å². The number of nitrogens with zero attached hydrogens (tertiary/aromatic N) is 3. The summed E-state index contributed by atoms with van der Waals surface area (Å²) in [7, 11) is -0.869. The highest BCUT2D eigenvalue weighted by molar-refractivity contribution is 7.92. The van der Waals surface area contributed by atoms with Gasteiger partial charge in [-0.25, -0.2) is 13.2 Å². The molecule has 2 rings (SSSR count). The van der Waals surface area contributed by atoms with Gasteiger partial charge in [-0.05, 0) is 12.1 Å². The first-order valence-corrected chi connectivity index (χ1v) is 7.77. The first-order valence-electron chi connectivity index (χ1n) is 5.88. The molecule has 0 spiro atoms. The number of methoxy groups -OCH3 is 1. The van der Waals surface area contributed by atoms with Crippen LogP contribution < -0.4 is 4.72 Å². The van der Waals surface area contributed by atoms with Crippen LogP contribution in [0.5, 0.6) is 0 Å². The van der Waals surface area contributed by atoms with Crippen LogP contribution in [-0.2, 0) is 21.8 Å². The van der Waals surface area contributed by atoms with Crippen molar-refractivity contribution in [3.63, 3.8) is 0 Å². The molecule has 0 amide bonds. The Morgan fingerprint density at radius 3 is 2.62 bits per heavy atom. The highest BCUT2D eigenvalue weighted by Crippen LogP contribution is 2.29. The number of hydrogen-bond acceptors (Lipinski definition) is 6. The summed E-state index contributed by atoms with van der Waals surface area (Å²) < 4.78 is 31.3. The maximum Gasteiger partial charge on any atom is 0.358 e. The Labute approximate surface area is 121 Å². The smallest absolute Gasteiger partial charge is 0.358 e. The summed E-state index contributed by atoms with van der Waals surface area (Å²) in [6, 6.07) is 5.12. The summed E-state index contributed by atoms with van der Waals surface area (Å²) in [5.74, 6) is -0.696. The van der Waals surface area contributed by atoms with Crippen molar-refractivity contribution in [2.45, 2.75) is 0 Å². The molecule has 0 aliphatic carbocycles. The van der Waals surface area contributed by atoms with Crippen LogP contribution in [0.2, 0.25) is 0 Å². The Bertz CT molecular complexity index is 768. The van der Waals surface area contributed by atoms with Gasteiger partial charge in [-0.3, -0.25) is 14.4 Å². The fourth-order valence-electron chi connectivity index (χ4n) is 1.82. The SMILES string of the molecule is COC(=O)c1c(NS(C)(=O)=O)c(-c2ccccn2)nn1C. The highest BCUT2D eigenvalue weighted by Gasteiger charge is 2.26.